The number of rotatable bonds is 4. The number of benzene rings is 1. The summed E-state index contributed by atoms with van der Waals surface area (Å²) < 4.78 is 0.810. The number of amides is 2. The van der Waals surface area contributed by atoms with Crippen molar-refractivity contribution in [2.75, 3.05) is 13.1 Å². The lowest BCUT2D eigenvalue weighted by Gasteiger charge is -2.27. The molecule has 1 aliphatic rings. The molecular weight excluding hydrogens is 436 g/mol. The lowest BCUT2D eigenvalue weighted by Crippen LogP contribution is -2.45. The van der Waals surface area contributed by atoms with E-state index in [0.29, 0.717) is 18.8 Å². The minimum atomic E-state index is -0.317. The summed E-state index contributed by atoms with van der Waals surface area (Å²) >= 11 is 3.36. The molecule has 1 saturated heterocycles. The lowest BCUT2D eigenvalue weighted by molar-refractivity contribution is -0.139. The van der Waals surface area contributed by atoms with E-state index in [0.717, 1.165) is 22.1 Å². The Balaban J connectivity index is 1.53. The van der Waals surface area contributed by atoms with Gasteiger partial charge in [0.15, 0.2) is 5.69 Å². The first-order chi connectivity index (χ1) is 14.0. The summed E-state index contributed by atoms with van der Waals surface area (Å²) in [6.45, 7) is 2.71. The molecule has 3 aromatic rings. The van der Waals surface area contributed by atoms with E-state index in [1.807, 2.05) is 36.4 Å². The van der Waals surface area contributed by atoms with Gasteiger partial charge in [-0.05, 0) is 53.0 Å². The number of hydrogen-bond donors (Lipinski definition) is 0. The molecule has 0 saturated carbocycles. The van der Waals surface area contributed by atoms with Gasteiger partial charge in [0, 0.05) is 30.0 Å². The van der Waals surface area contributed by atoms with Crippen LogP contribution >= 0.6 is 15.9 Å². The summed E-state index contributed by atoms with van der Waals surface area (Å²) in [5.74, 6) is -0.466. The first kappa shape index (κ1) is 19.3. The second kappa shape index (κ2) is 8.12. The maximum absolute atomic E-state index is 13.1. The largest absolute Gasteiger partial charge is 0.294 e. The van der Waals surface area contributed by atoms with Crippen molar-refractivity contribution in [1.29, 1.82) is 0 Å². The minimum Gasteiger partial charge on any atom is -0.273 e. The molecule has 1 aliphatic heterocycles. The van der Waals surface area contributed by atoms with E-state index in [4.69, 9.17) is 0 Å². The molecule has 0 aliphatic carbocycles. The zero-order valence-electron chi connectivity index (χ0n) is 15.8. The van der Waals surface area contributed by atoms with Crippen molar-refractivity contribution < 1.29 is 9.59 Å². The SMILES string of the molecule is Cc1nn(-c2ccccc2)nc1C(=O)N1CCCN1C(=O)Cc1cncc(Br)c1. The Morgan fingerprint density at radius 1 is 1.07 bits per heavy atom. The number of hydrazine groups is 1. The number of carbonyl (C=O) groups is 2. The molecule has 1 aromatic carbocycles. The summed E-state index contributed by atoms with van der Waals surface area (Å²) in [5.41, 5.74) is 2.33. The Hall–Kier alpha value is -3.07. The Morgan fingerprint density at radius 3 is 2.59 bits per heavy atom. The number of para-hydroxylation sites is 1. The average Bonchev–Trinajstić information content (AvgIpc) is 3.35. The van der Waals surface area contributed by atoms with Gasteiger partial charge in [-0.3, -0.25) is 19.6 Å². The third kappa shape index (κ3) is 4.04. The molecule has 2 aromatic heterocycles. The molecule has 4 rings (SSSR count). The highest BCUT2D eigenvalue weighted by molar-refractivity contribution is 9.10. The third-order valence-corrected chi connectivity index (χ3v) is 5.08. The van der Waals surface area contributed by atoms with Gasteiger partial charge in [-0.1, -0.05) is 18.2 Å². The van der Waals surface area contributed by atoms with Crippen LogP contribution in [-0.2, 0) is 11.2 Å². The van der Waals surface area contributed by atoms with Crippen molar-refractivity contribution in [3.8, 4) is 5.69 Å². The first-order valence-corrected chi connectivity index (χ1v) is 10.0. The van der Waals surface area contributed by atoms with Gasteiger partial charge in [0.05, 0.1) is 17.8 Å². The molecule has 29 heavy (non-hydrogen) atoms. The van der Waals surface area contributed by atoms with Crippen LogP contribution in [0.15, 0.2) is 53.3 Å². The molecule has 1 fully saturated rings. The van der Waals surface area contributed by atoms with Gasteiger partial charge in [0.1, 0.15) is 0 Å². The fraction of sp³-hybridized carbons (Fsp3) is 0.250. The van der Waals surface area contributed by atoms with Gasteiger partial charge in [0.25, 0.3) is 5.91 Å². The molecule has 0 bridgehead atoms. The molecule has 0 atom stereocenters. The third-order valence-electron chi connectivity index (χ3n) is 4.64. The molecule has 148 valence electrons. The van der Waals surface area contributed by atoms with Crippen molar-refractivity contribution in [3.63, 3.8) is 0 Å². The molecule has 3 heterocycles. The van der Waals surface area contributed by atoms with Crippen molar-refractivity contribution in [2.24, 2.45) is 0 Å². The van der Waals surface area contributed by atoms with E-state index >= 15 is 0 Å². The maximum Gasteiger partial charge on any atom is 0.294 e. The van der Waals surface area contributed by atoms with E-state index in [1.54, 1.807) is 19.3 Å². The molecule has 0 spiro atoms. The zero-order valence-corrected chi connectivity index (χ0v) is 17.4. The summed E-state index contributed by atoms with van der Waals surface area (Å²) in [7, 11) is 0. The summed E-state index contributed by atoms with van der Waals surface area (Å²) in [4.78, 5) is 31.5. The monoisotopic (exact) mass is 454 g/mol. The number of aryl methyl sites for hydroxylation is 1. The van der Waals surface area contributed by atoms with Gasteiger partial charge in [-0.2, -0.15) is 9.90 Å². The number of nitrogens with zero attached hydrogens (tertiary/aromatic N) is 6. The Labute approximate surface area is 176 Å². The highest BCUT2D eigenvalue weighted by Crippen LogP contribution is 2.19. The first-order valence-electron chi connectivity index (χ1n) is 9.24. The quantitative estimate of drug-likeness (QED) is 0.604. The lowest BCUT2D eigenvalue weighted by atomic mass is 10.2. The van der Waals surface area contributed by atoms with Gasteiger partial charge < -0.3 is 0 Å². The number of aromatic nitrogens is 4. The predicted octanol–water partition coefficient (Wildman–Crippen LogP) is 2.57. The second-order valence-corrected chi connectivity index (χ2v) is 7.66. The van der Waals surface area contributed by atoms with Crippen molar-refractivity contribution in [2.45, 2.75) is 19.8 Å². The number of hydrogen-bond acceptors (Lipinski definition) is 5. The summed E-state index contributed by atoms with van der Waals surface area (Å²) in [6, 6.07) is 11.3. The van der Waals surface area contributed by atoms with E-state index in [9.17, 15) is 9.59 Å². The molecule has 0 radical (unpaired) electrons. The minimum absolute atomic E-state index is 0.149. The van der Waals surface area contributed by atoms with Crippen LogP contribution < -0.4 is 0 Å². The molecule has 0 N–H and O–H groups in total. The van der Waals surface area contributed by atoms with Crippen molar-refractivity contribution in [3.05, 3.63) is 70.2 Å². The molecule has 0 unspecified atom stereocenters. The number of pyridine rings is 1. The summed E-state index contributed by atoms with van der Waals surface area (Å²) in [6.07, 6.45) is 4.21. The topological polar surface area (TPSA) is 84.2 Å². The average molecular weight is 455 g/mol. The maximum atomic E-state index is 13.1. The number of halogens is 1. The molecule has 9 heteroatoms. The Kier molecular flexibility index (Phi) is 5.39. The van der Waals surface area contributed by atoms with Crippen LogP contribution in [0, 0.1) is 6.92 Å². The van der Waals surface area contributed by atoms with Crippen molar-refractivity contribution in [1.82, 2.24) is 30.0 Å². The van der Waals surface area contributed by atoms with Gasteiger partial charge in [-0.25, -0.2) is 5.01 Å². The highest BCUT2D eigenvalue weighted by Gasteiger charge is 2.33. The number of carbonyl (C=O) groups excluding carboxylic acids is 2. The van der Waals surface area contributed by atoms with E-state index in [-0.39, 0.29) is 23.9 Å². The highest BCUT2D eigenvalue weighted by atomic mass is 79.9. The summed E-state index contributed by atoms with van der Waals surface area (Å²) in [5, 5.41) is 11.7. The predicted molar refractivity (Wildman–Crippen MR) is 109 cm³/mol. The van der Waals surface area contributed by atoms with Crippen LogP contribution in [0.25, 0.3) is 5.69 Å². The Bertz CT molecular complexity index is 1050. The molecule has 2 amide bonds. The van der Waals surface area contributed by atoms with Gasteiger partial charge >= 0.3 is 0 Å². The van der Waals surface area contributed by atoms with E-state index in [1.165, 1.54) is 14.8 Å². The second-order valence-electron chi connectivity index (χ2n) is 6.75. The van der Waals surface area contributed by atoms with E-state index < -0.39 is 0 Å². The molecule has 8 nitrogen and oxygen atoms in total. The zero-order chi connectivity index (χ0) is 20.4. The standard InChI is InChI=1S/C20H19BrN6O2/c1-14-19(24-27(23-14)17-6-3-2-4-7-17)20(29)26-9-5-8-25(26)18(28)11-15-10-16(21)13-22-12-15/h2-4,6-7,10,12-13H,5,8-9,11H2,1H3. The van der Waals surface area contributed by atoms with Crippen LogP contribution in [0.2, 0.25) is 0 Å². The van der Waals surface area contributed by atoms with Crippen LogP contribution in [0.3, 0.4) is 0 Å². The fourth-order valence-electron chi connectivity index (χ4n) is 3.28. The van der Waals surface area contributed by atoms with Crippen LogP contribution in [0.1, 0.15) is 28.2 Å². The van der Waals surface area contributed by atoms with Crippen LogP contribution in [-0.4, -0.2) is 54.9 Å². The smallest absolute Gasteiger partial charge is 0.273 e. The van der Waals surface area contributed by atoms with Crippen LogP contribution in [0.5, 0.6) is 0 Å². The van der Waals surface area contributed by atoms with Gasteiger partial charge in [-0.15, -0.1) is 5.10 Å². The normalized spacial score (nSPS) is 13.7. The molecular formula is C20H19BrN6O2. The fourth-order valence-corrected chi connectivity index (χ4v) is 3.69. The van der Waals surface area contributed by atoms with Crippen molar-refractivity contribution >= 4 is 27.7 Å². The Morgan fingerprint density at radius 2 is 1.83 bits per heavy atom. The van der Waals surface area contributed by atoms with Gasteiger partial charge in [0.2, 0.25) is 5.91 Å². The van der Waals surface area contributed by atoms with Crippen LogP contribution in [0.4, 0.5) is 0 Å². The van der Waals surface area contributed by atoms with E-state index in [2.05, 4.69) is 31.1 Å².